The van der Waals surface area contributed by atoms with Crippen molar-refractivity contribution in [2.45, 2.75) is 45.6 Å². The highest BCUT2D eigenvalue weighted by molar-refractivity contribution is 6.35. The van der Waals surface area contributed by atoms with Gasteiger partial charge in [-0.2, -0.15) is 0 Å². The van der Waals surface area contributed by atoms with E-state index in [1.165, 1.54) is 5.56 Å². The molecule has 0 fully saturated rings. The molecule has 1 aromatic rings. The van der Waals surface area contributed by atoms with Crippen LogP contribution in [-0.4, -0.2) is 24.4 Å². The standard InChI is InChI=1S/C16H24N2O2/c1-3-4-12-17-15(19)16(20)18-13(2)10-11-14-8-6-5-7-9-14/h5-9,13H,3-4,10-12H2,1-2H3,(H,17,19)(H,18,20)/t13-/m0/s1. The maximum atomic E-state index is 11.6. The monoisotopic (exact) mass is 276 g/mol. The lowest BCUT2D eigenvalue weighted by Gasteiger charge is -2.13. The van der Waals surface area contributed by atoms with Gasteiger partial charge < -0.3 is 10.6 Å². The molecule has 20 heavy (non-hydrogen) atoms. The van der Waals surface area contributed by atoms with Crippen LogP contribution in [0.4, 0.5) is 0 Å². The van der Waals surface area contributed by atoms with Crippen molar-refractivity contribution >= 4 is 11.8 Å². The number of carbonyl (C=O) groups is 2. The number of hydrogen-bond acceptors (Lipinski definition) is 2. The molecule has 110 valence electrons. The average molecular weight is 276 g/mol. The number of unbranched alkanes of at least 4 members (excludes halogenated alkanes) is 1. The molecule has 0 bridgehead atoms. The van der Waals surface area contributed by atoms with Crippen molar-refractivity contribution in [2.24, 2.45) is 0 Å². The summed E-state index contributed by atoms with van der Waals surface area (Å²) in [5, 5.41) is 5.34. The van der Waals surface area contributed by atoms with Crippen molar-refractivity contribution in [3.05, 3.63) is 35.9 Å². The molecule has 4 nitrogen and oxygen atoms in total. The zero-order valence-electron chi connectivity index (χ0n) is 12.3. The second-order valence-corrected chi connectivity index (χ2v) is 5.01. The smallest absolute Gasteiger partial charge is 0.309 e. The Morgan fingerprint density at radius 2 is 1.85 bits per heavy atom. The Morgan fingerprint density at radius 1 is 1.15 bits per heavy atom. The number of nitrogens with one attached hydrogen (secondary N) is 2. The van der Waals surface area contributed by atoms with Crippen molar-refractivity contribution in [2.75, 3.05) is 6.54 Å². The summed E-state index contributed by atoms with van der Waals surface area (Å²) in [5.74, 6) is -1.08. The van der Waals surface area contributed by atoms with Crippen LogP contribution in [0.2, 0.25) is 0 Å². The fraction of sp³-hybridized carbons (Fsp3) is 0.500. The number of amides is 2. The summed E-state index contributed by atoms with van der Waals surface area (Å²) in [7, 11) is 0. The van der Waals surface area contributed by atoms with Gasteiger partial charge in [0, 0.05) is 12.6 Å². The Balaban J connectivity index is 2.25. The Kier molecular flexibility index (Phi) is 7.40. The molecule has 0 saturated heterocycles. The highest BCUT2D eigenvalue weighted by Gasteiger charge is 2.15. The maximum absolute atomic E-state index is 11.6. The molecule has 1 aromatic carbocycles. The molecule has 0 aliphatic rings. The highest BCUT2D eigenvalue weighted by Crippen LogP contribution is 2.04. The van der Waals surface area contributed by atoms with Crippen LogP contribution in [0.15, 0.2) is 30.3 Å². The molecule has 0 saturated carbocycles. The van der Waals surface area contributed by atoms with Gasteiger partial charge in [0.1, 0.15) is 0 Å². The van der Waals surface area contributed by atoms with Crippen molar-refractivity contribution in [3.8, 4) is 0 Å². The van der Waals surface area contributed by atoms with Crippen LogP contribution in [0.3, 0.4) is 0 Å². The third-order valence-corrected chi connectivity index (χ3v) is 3.11. The SMILES string of the molecule is CCCCNC(=O)C(=O)N[C@@H](C)CCc1ccccc1. The molecule has 1 atom stereocenters. The largest absolute Gasteiger partial charge is 0.348 e. The van der Waals surface area contributed by atoms with Gasteiger partial charge in [-0.25, -0.2) is 0 Å². The van der Waals surface area contributed by atoms with Crippen LogP contribution in [0, 0.1) is 0 Å². The number of hydrogen-bond donors (Lipinski definition) is 2. The van der Waals surface area contributed by atoms with E-state index in [1.54, 1.807) is 0 Å². The summed E-state index contributed by atoms with van der Waals surface area (Å²) in [5.41, 5.74) is 1.24. The van der Waals surface area contributed by atoms with Crippen LogP contribution in [0.5, 0.6) is 0 Å². The number of rotatable bonds is 7. The summed E-state index contributed by atoms with van der Waals surface area (Å²) in [6.07, 6.45) is 3.59. The second-order valence-electron chi connectivity index (χ2n) is 5.01. The summed E-state index contributed by atoms with van der Waals surface area (Å²) >= 11 is 0. The lowest BCUT2D eigenvalue weighted by molar-refractivity contribution is -0.139. The van der Waals surface area contributed by atoms with Gasteiger partial charge >= 0.3 is 11.8 Å². The molecule has 2 N–H and O–H groups in total. The molecule has 2 amide bonds. The summed E-state index contributed by atoms with van der Waals surface area (Å²) < 4.78 is 0. The predicted molar refractivity (Wildman–Crippen MR) is 80.3 cm³/mol. The van der Waals surface area contributed by atoms with E-state index in [9.17, 15) is 9.59 Å². The Labute approximate surface area is 121 Å². The zero-order valence-corrected chi connectivity index (χ0v) is 12.3. The summed E-state index contributed by atoms with van der Waals surface area (Å²) in [6, 6.07) is 10.1. The number of benzene rings is 1. The van der Waals surface area contributed by atoms with Crippen molar-refractivity contribution < 1.29 is 9.59 Å². The molecule has 0 radical (unpaired) electrons. The van der Waals surface area contributed by atoms with Gasteiger partial charge in [0.25, 0.3) is 0 Å². The van der Waals surface area contributed by atoms with Crippen LogP contribution in [-0.2, 0) is 16.0 Å². The molecular weight excluding hydrogens is 252 g/mol. The van der Waals surface area contributed by atoms with Gasteiger partial charge in [-0.1, -0.05) is 43.7 Å². The molecule has 0 aliphatic carbocycles. The third-order valence-electron chi connectivity index (χ3n) is 3.11. The minimum absolute atomic E-state index is 0.0142. The van der Waals surface area contributed by atoms with Gasteiger partial charge in [-0.15, -0.1) is 0 Å². The summed E-state index contributed by atoms with van der Waals surface area (Å²) in [4.78, 5) is 23.1. The molecule has 1 rings (SSSR count). The van der Waals surface area contributed by atoms with Crippen molar-refractivity contribution in [1.82, 2.24) is 10.6 Å². The number of aryl methyl sites for hydroxylation is 1. The topological polar surface area (TPSA) is 58.2 Å². The van der Waals surface area contributed by atoms with E-state index >= 15 is 0 Å². The van der Waals surface area contributed by atoms with Gasteiger partial charge in [-0.3, -0.25) is 9.59 Å². The number of carbonyl (C=O) groups excluding carboxylic acids is 2. The predicted octanol–water partition coefficient (Wildman–Crippen LogP) is 2.04. The van der Waals surface area contributed by atoms with E-state index in [1.807, 2.05) is 32.0 Å². The van der Waals surface area contributed by atoms with E-state index in [2.05, 4.69) is 22.8 Å². The van der Waals surface area contributed by atoms with Crippen LogP contribution >= 0.6 is 0 Å². The third kappa shape index (κ3) is 6.36. The van der Waals surface area contributed by atoms with E-state index in [-0.39, 0.29) is 6.04 Å². The van der Waals surface area contributed by atoms with Gasteiger partial charge in [0.05, 0.1) is 0 Å². The zero-order chi connectivity index (χ0) is 14.8. The molecule has 0 unspecified atom stereocenters. The van der Waals surface area contributed by atoms with E-state index < -0.39 is 11.8 Å². The van der Waals surface area contributed by atoms with Crippen LogP contribution in [0.25, 0.3) is 0 Å². The normalized spacial score (nSPS) is 11.7. The summed E-state index contributed by atoms with van der Waals surface area (Å²) in [6.45, 7) is 4.51. The Hall–Kier alpha value is -1.84. The van der Waals surface area contributed by atoms with Crippen LogP contribution in [0.1, 0.15) is 38.7 Å². The van der Waals surface area contributed by atoms with Gasteiger partial charge in [-0.05, 0) is 31.7 Å². The van der Waals surface area contributed by atoms with E-state index in [0.29, 0.717) is 6.54 Å². The minimum atomic E-state index is -0.540. The van der Waals surface area contributed by atoms with Crippen molar-refractivity contribution in [3.63, 3.8) is 0 Å². The maximum Gasteiger partial charge on any atom is 0.309 e. The fourth-order valence-corrected chi connectivity index (χ4v) is 1.85. The second kappa shape index (κ2) is 9.13. The first-order chi connectivity index (χ1) is 9.63. The quantitative estimate of drug-likeness (QED) is 0.591. The van der Waals surface area contributed by atoms with Gasteiger partial charge in [0.15, 0.2) is 0 Å². The first-order valence-corrected chi connectivity index (χ1v) is 7.26. The molecule has 0 heterocycles. The van der Waals surface area contributed by atoms with Crippen LogP contribution < -0.4 is 10.6 Å². The first-order valence-electron chi connectivity index (χ1n) is 7.26. The Morgan fingerprint density at radius 3 is 2.50 bits per heavy atom. The first kappa shape index (κ1) is 16.2. The molecule has 0 aromatic heterocycles. The van der Waals surface area contributed by atoms with E-state index in [4.69, 9.17) is 0 Å². The molecule has 0 spiro atoms. The average Bonchev–Trinajstić information content (AvgIpc) is 2.46. The highest BCUT2D eigenvalue weighted by atomic mass is 16.2. The lowest BCUT2D eigenvalue weighted by atomic mass is 10.1. The Bertz CT molecular complexity index is 418. The minimum Gasteiger partial charge on any atom is -0.348 e. The molecular formula is C16H24N2O2. The molecule has 0 aliphatic heterocycles. The van der Waals surface area contributed by atoms with E-state index in [0.717, 1.165) is 25.7 Å². The van der Waals surface area contributed by atoms with Crippen molar-refractivity contribution in [1.29, 1.82) is 0 Å². The lowest BCUT2D eigenvalue weighted by Crippen LogP contribution is -2.44. The fourth-order valence-electron chi connectivity index (χ4n) is 1.85. The van der Waals surface area contributed by atoms with Gasteiger partial charge in [0.2, 0.25) is 0 Å². The molecule has 4 heteroatoms.